The van der Waals surface area contributed by atoms with Crippen LogP contribution in [-0.2, 0) is 16.0 Å². The normalized spacial score (nSPS) is 14.4. The molecule has 0 saturated carbocycles. The minimum absolute atomic E-state index is 0.165. The Labute approximate surface area is 215 Å². The van der Waals surface area contributed by atoms with Crippen LogP contribution in [0.25, 0.3) is 11.1 Å². The fourth-order valence-electron chi connectivity index (χ4n) is 4.58. The Kier molecular flexibility index (Phi) is 9.40. The van der Waals surface area contributed by atoms with Gasteiger partial charge in [-0.3, -0.25) is 9.69 Å². The number of esters is 1. The summed E-state index contributed by atoms with van der Waals surface area (Å²) in [6.45, 7) is 6.47. The zero-order chi connectivity index (χ0) is 25.2. The smallest absolute Gasteiger partial charge is 0.308 e. The molecule has 0 amide bonds. The van der Waals surface area contributed by atoms with E-state index < -0.39 is 0 Å². The highest BCUT2D eigenvalue weighted by Crippen LogP contribution is 2.28. The van der Waals surface area contributed by atoms with Crippen LogP contribution in [0.3, 0.4) is 0 Å². The maximum Gasteiger partial charge on any atom is 0.308 e. The number of hydrogen-bond donors (Lipinski definition) is 0. The van der Waals surface area contributed by atoms with Gasteiger partial charge < -0.3 is 14.2 Å². The number of benzene rings is 3. The first-order valence-electron chi connectivity index (χ1n) is 13.0. The summed E-state index contributed by atoms with van der Waals surface area (Å²) in [5.74, 6) is 1.37. The average Bonchev–Trinajstić information content (AvgIpc) is 3.43. The van der Waals surface area contributed by atoms with Crippen molar-refractivity contribution in [3.8, 4) is 22.6 Å². The molecule has 0 N–H and O–H groups in total. The van der Waals surface area contributed by atoms with Gasteiger partial charge in [-0.25, -0.2) is 0 Å². The SMILES string of the molecule is COC(=O)C(C)CCOc1ccc(Cc2ccccc2-c2ccc(OCCN3CCCC3)cc2)cc1. The van der Waals surface area contributed by atoms with E-state index in [2.05, 4.69) is 65.6 Å². The molecule has 0 bridgehead atoms. The lowest BCUT2D eigenvalue weighted by Gasteiger charge is -2.15. The molecule has 1 aliphatic heterocycles. The number of rotatable bonds is 12. The van der Waals surface area contributed by atoms with E-state index in [4.69, 9.17) is 14.2 Å². The van der Waals surface area contributed by atoms with E-state index in [1.165, 1.54) is 55.3 Å². The third-order valence-corrected chi connectivity index (χ3v) is 6.80. The van der Waals surface area contributed by atoms with Crippen LogP contribution in [0.2, 0.25) is 0 Å². The molecule has 190 valence electrons. The van der Waals surface area contributed by atoms with Crippen molar-refractivity contribution >= 4 is 5.97 Å². The predicted octanol–water partition coefficient (Wildman–Crippen LogP) is 6.00. The van der Waals surface area contributed by atoms with Crippen LogP contribution >= 0.6 is 0 Å². The largest absolute Gasteiger partial charge is 0.494 e. The van der Waals surface area contributed by atoms with Crippen molar-refractivity contribution in [1.82, 2.24) is 4.90 Å². The Morgan fingerprint density at radius 1 is 0.861 bits per heavy atom. The molecule has 0 aliphatic carbocycles. The fourth-order valence-corrected chi connectivity index (χ4v) is 4.58. The quantitative estimate of drug-likeness (QED) is 0.293. The zero-order valence-corrected chi connectivity index (χ0v) is 21.4. The Hall–Kier alpha value is -3.31. The molecule has 5 heteroatoms. The van der Waals surface area contributed by atoms with Crippen molar-refractivity contribution in [1.29, 1.82) is 0 Å². The Bertz CT molecular complexity index is 1090. The average molecular weight is 488 g/mol. The maximum atomic E-state index is 11.5. The molecule has 1 heterocycles. The molecule has 0 aromatic heterocycles. The lowest BCUT2D eigenvalue weighted by Crippen LogP contribution is -2.25. The lowest BCUT2D eigenvalue weighted by molar-refractivity contribution is -0.145. The van der Waals surface area contributed by atoms with E-state index >= 15 is 0 Å². The molecular formula is C31H37NO4. The highest BCUT2D eigenvalue weighted by molar-refractivity contribution is 5.71. The van der Waals surface area contributed by atoms with Gasteiger partial charge in [0.15, 0.2) is 0 Å². The zero-order valence-electron chi connectivity index (χ0n) is 21.4. The molecule has 0 radical (unpaired) electrons. The van der Waals surface area contributed by atoms with Gasteiger partial charge >= 0.3 is 5.97 Å². The number of carbonyl (C=O) groups excluding carboxylic acids is 1. The van der Waals surface area contributed by atoms with Crippen LogP contribution < -0.4 is 9.47 Å². The summed E-state index contributed by atoms with van der Waals surface area (Å²) in [5, 5.41) is 0. The van der Waals surface area contributed by atoms with Crippen molar-refractivity contribution in [2.24, 2.45) is 5.92 Å². The minimum atomic E-state index is -0.202. The Morgan fingerprint density at radius 2 is 1.50 bits per heavy atom. The number of methoxy groups -OCH3 is 1. The van der Waals surface area contributed by atoms with Crippen LogP contribution in [0.1, 0.15) is 37.3 Å². The van der Waals surface area contributed by atoms with E-state index in [1.54, 1.807) is 0 Å². The first-order valence-corrected chi connectivity index (χ1v) is 13.0. The van der Waals surface area contributed by atoms with Gasteiger partial charge in [-0.15, -0.1) is 0 Å². The number of nitrogens with zero attached hydrogens (tertiary/aromatic N) is 1. The van der Waals surface area contributed by atoms with Gasteiger partial charge in [0.05, 0.1) is 19.6 Å². The van der Waals surface area contributed by atoms with E-state index in [-0.39, 0.29) is 11.9 Å². The standard InChI is InChI=1S/C31H37NO4/c1-24(31(33)34-2)17-21-35-28-13-9-25(10-14-28)23-27-7-3-4-8-30(27)26-11-15-29(16-12-26)36-22-20-32-18-5-6-19-32/h3-4,7-16,24H,5-6,17-23H2,1-2H3. The molecule has 5 nitrogen and oxygen atoms in total. The van der Waals surface area contributed by atoms with Gasteiger partial charge in [-0.05, 0) is 85.3 Å². The minimum Gasteiger partial charge on any atom is -0.494 e. The molecule has 1 fully saturated rings. The molecular weight excluding hydrogens is 450 g/mol. The summed E-state index contributed by atoms with van der Waals surface area (Å²) < 4.78 is 16.6. The molecule has 1 saturated heterocycles. The summed E-state index contributed by atoms with van der Waals surface area (Å²) in [6, 6.07) is 25.2. The fraction of sp³-hybridized carbons (Fsp3) is 0.387. The second-order valence-corrected chi connectivity index (χ2v) is 9.46. The molecule has 36 heavy (non-hydrogen) atoms. The lowest BCUT2D eigenvalue weighted by atomic mass is 9.95. The van der Waals surface area contributed by atoms with Gasteiger partial charge in [-0.2, -0.15) is 0 Å². The topological polar surface area (TPSA) is 48.0 Å². The number of likely N-dealkylation sites (tertiary alicyclic amines) is 1. The van der Waals surface area contributed by atoms with Crippen LogP contribution in [0.4, 0.5) is 0 Å². The molecule has 1 unspecified atom stereocenters. The van der Waals surface area contributed by atoms with Crippen LogP contribution in [0.5, 0.6) is 11.5 Å². The van der Waals surface area contributed by atoms with Gasteiger partial charge in [0.25, 0.3) is 0 Å². The first kappa shape index (κ1) is 25.8. The second-order valence-electron chi connectivity index (χ2n) is 9.46. The maximum absolute atomic E-state index is 11.5. The highest BCUT2D eigenvalue weighted by atomic mass is 16.5. The molecule has 4 rings (SSSR count). The Balaban J connectivity index is 1.32. The van der Waals surface area contributed by atoms with Crippen LogP contribution in [0, 0.1) is 5.92 Å². The summed E-state index contributed by atoms with van der Waals surface area (Å²) in [6.07, 6.45) is 4.09. The third-order valence-electron chi connectivity index (χ3n) is 6.80. The highest BCUT2D eigenvalue weighted by Gasteiger charge is 2.13. The van der Waals surface area contributed by atoms with Crippen molar-refractivity contribution in [3.63, 3.8) is 0 Å². The van der Waals surface area contributed by atoms with Gasteiger partial charge in [0, 0.05) is 6.54 Å². The molecule has 3 aromatic rings. The molecule has 1 aliphatic rings. The van der Waals surface area contributed by atoms with Crippen molar-refractivity contribution in [3.05, 3.63) is 83.9 Å². The van der Waals surface area contributed by atoms with Crippen LogP contribution in [-0.4, -0.2) is 50.8 Å². The number of hydrogen-bond acceptors (Lipinski definition) is 5. The summed E-state index contributed by atoms with van der Waals surface area (Å²) in [5.41, 5.74) is 4.93. The van der Waals surface area contributed by atoms with E-state index in [9.17, 15) is 4.79 Å². The van der Waals surface area contributed by atoms with E-state index in [0.29, 0.717) is 13.0 Å². The second kappa shape index (κ2) is 13.1. The van der Waals surface area contributed by atoms with E-state index in [0.717, 1.165) is 31.1 Å². The third kappa shape index (κ3) is 7.34. The number of carbonyl (C=O) groups is 1. The molecule has 1 atom stereocenters. The first-order chi connectivity index (χ1) is 17.6. The van der Waals surface area contributed by atoms with Gasteiger partial charge in [0.2, 0.25) is 0 Å². The van der Waals surface area contributed by atoms with Gasteiger partial charge in [-0.1, -0.05) is 55.5 Å². The summed E-state index contributed by atoms with van der Waals surface area (Å²) in [4.78, 5) is 14.0. The summed E-state index contributed by atoms with van der Waals surface area (Å²) in [7, 11) is 1.41. The van der Waals surface area contributed by atoms with Gasteiger partial charge in [0.1, 0.15) is 18.1 Å². The van der Waals surface area contributed by atoms with Crippen molar-refractivity contribution < 1.29 is 19.0 Å². The molecule has 3 aromatic carbocycles. The van der Waals surface area contributed by atoms with E-state index in [1.807, 2.05) is 19.1 Å². The van der Waals surface area contributed by atoms with Crippen LogP contribution in [0.15, 0.2) is 72.8 Å². The Morgan fingerprint density at radius 3 is 2.19 bits per heavy atom. The summed E-state index contributed by atoms with van der Waals surface area (Å²) >= 11 is 0. The molecule has 0 spiro atoms. The number of ether oxygens (including phenoxy) is 3. The van der Waals surface area contributed by atoms with Crippen molar-refractivity contribution in [2.45, 2.75) is 32.6 Å². The monoisotopic (exact) mass is 487 g/mol. The predicted molar refractivity (Wildman–Crippen MR) is 144 cm³/mol. The van der Waals surface area contributed by atoms with Crippen molar-refractivity contribution in [2.75, 3.05) is 40.0 Å².